The molecule has 19 heavy (non-hydrogen) atoms. The summed E-state index contributed by atoms with van der Waals surface area (Å²) in [6.45, 7) is 0.831. The molecule has 0 atom stereocenters. The summed E-state index contributed by atoms with van der Waals surface area (Å²) in [6.07, 6.45) is 1.09. The van der Waals surface area contributed by atoms with Gasteiger partial charge in [0.2, 0.25) is 0 Å². The first kappa shape index (κ1) is 14.1. The molecule has 0 bridgehead atoms. The van der Waals surface area contributed by atoms with Crippen molar-refractivity contribution in [1.82, 2.24) is 5.32 Å². The van der Waals surface area contributed by atoms with E-state index in [1.165, 1.54) is 18.2 Å². The number of aromatic hydroxyl groups is 1. The molecule has 1 aromatic rings. The Hall–Kier alpha value is -1.30. The molecule has 0 unspecified atom stereocenters. The molecule has 1 aliphatic rings. The summed E-state index contributed by atoms with van der Waals surface area (Å²) in [4.78, 5) is 12.1. The summed E-state index contributed by atoms with van der Waals surface area (Å²) >= 11 is 5.72. The Morgan fingerprint density at radius 1 is 1.42 bits per heavy atom. The van der Waals surface area contributed by atoms with E-state index in [9.17, 15) is 15.0 Å². The van der Waals surface area contributed by atoms with Crippen LogP contribution in [0.3, 0.4) is 0 Å². The Kier molecular flexibility index (Phi) is 4.29. The fourth-order valence-corrected chi connectivity index (χ4v) is 2.26. The number of carbonyl (C=O) groups is 1. The number of aliphatic hydroxyl groups excluding tert-OH is 1. The monoisotopic (exact) mass is 285 g/mol. The van der Waals surface area contributed by atoms with Gasteiger partial charge in [0, 0.05) is 18.2 Å². The molecule has 0 saturated carbocycles. The second-order valence-corrected chi connectivity index (χ2v) is 5.10. The van der Waals surface area contributed by atoms with Crippen LogP contribution in [0, 0.1) is 0 Å². The number of hydrogen-bond donors (Lipinski definition) is 3. The maximum atomic E-state index is 12.1. The van der Waals surface area contributed by atoms with Crippen molar-refractivity contribution in [2.24, 2.45) is 0 Å². The number of nitrogens with one attached hydrogen (secondary N) is 1. The van der Waals surface area contributed by atoms with Crippen molar-refractivity contribution in [3.8, 4) is 5.75 Å². The molecule has 0 aliphatic carbocycles. The molecule has 1 aromatic carbocycles. The largest absolute Gasteiger partial charge is 0.507 e. The van der Waals surface area contributed by atoms with Gasteiger partial charge in [-0.15, -0.1) is 0 Å². The third-order valence-corrected chi connectivity index (χ3v) is 3.57. The number of aliphatic hydroxyl groups is 1. The van der Waals surface area contributed by atoms with Crippen LogP contribution in [0.2, 0.25) is 5.02 Å². The van der Waals surface area contributed by atoms with E-state index >= 15 is 0 Å². The molecule has 0 spiro atoms. The quantitative estimate of drug-likeness (QED) is 0.782. The smallest absolute Gasteiger partial charge is 0.255 e. The van der Waals surface area contributed by atoms with Gasteiger partial charge in [0.15, 0.2) is 0 Å². The van der Waals surface area contributed by atoms with Crippen LogP contribution in [0.5, 0.6) is 5.75 Å². The van der Waals surface area contributed by atoms with Crippen molar-refractivity contribution in [1.29, 1.82) is 0 Å². The van der Waals surface area contributed by atoms with Gasteiger partial charge in [0.1, 0.15) is 5.75 Å². The first-order valence-corrected chi connectivity index (χ1v) is 6.44. The summed E-state index contributed by atoms with van der Waals surface area (Å²) in [6, 6.07) is 4.30. The van der Waals surface area contributed by atoms with Crippen LogP contribution in [0.4, 0.5) is 0 Å². The van der Waals surface area contributed by atoms with E-state index in [4.69, 9.17) is 16.3 Å². The van der Waals surface area contributed by atoms with Crippen molar-refractivity contribution >= 4 is 17.5 Å². The second kappa shape index (κ2) is 5.77. The third-order valence-electron chi connectivity index (χ3n) is 3.34. The van der Waals surface area contributed by atoms with Crippen LogP contribution in [0.1, 0.15) is 23.2 Å². The van der Waals surface area contributed by atoms with Gasteiger partial charge in [0.05, 0.1) is 17.7 Å². The van der Waals surface area contributed by atoms with E-state index in [1.807, 2.05) is 0 Å². The number of ether oxygens (including phenoxy) is 1. The highest BCUT2D eigenvalue weighted by atomic mass is 35.5. The number of hydrogen-bond acceptors (Lipinski definition) is 4. The maximum Gasteiger partial charge on any atom is 0.255 e. The summed E-state index contributed by atoms with van der Waals surface area (Å²) in [7, 11) is 0. The number of carbonyl (C=O) groups excluding carboxylic acids is 1. The molecule has 0 aromatic heterocycles. The lowest BCUT2D eigenvalue weighted by molar-refractivity contribution is 0.0125. The molecule has 2 rings (SSSR count). The second-order valence-electron chi connectivity index (χ2n) is 4.67. The number of benzene rings is 1. The summed E-state index contributed by atoms with van der Waals surface area (Å²) in [5, 5.41) is 22.4. The molecule has 3 N–H and O–H groups in total. The van der Waals surface area contributed by atoms with Crippen LogP contribution < -0.4 is 5.32 Å². The average Bonchev–Trinajstić information content (AvgIpc) is 2.39. The van der Waals surface area contributed by atoms with Gasteiger partial charge in [-0.2, -0.15) is 0 Å². The van der Waals surface area contributed by atoms with Crippen LogP contribution in [0.25, 0.3) is 0 Å². The summed E-state index contributed by atoms with van der Waals surface area (Å²) < 4.78 is 5.22. The van der Waals surface area contributed by atoms with Crippen LogP contribution in [-0.4, -0.2) is 41.5 Å². The Labute approximate surface area is 116 Å². The van der Waals surface area contributed by atoms with Gasteiger partial charge in [0.25, 0.3) is 5.91 Å². The molecular formula is C13H16ClNO4. The van der Waals surface area contributed by atoms with Crippen LogP contribution in [-0.2, 0) is 4.74 Å². The van der Waals surface area contributed by atoms with E-state index in [1.54, 1.807) is 0 Å². The van der Waals surface area contributed by atoms with Crippen molar-refractivity contribution in [3.05, 3.63) is 28.8 Å². The fourth-order valence-electron chi connectivity index (χ4n) is 2.09. The Morgan fingerprint density at radius 2 is 2.11 bits per heavy atom. The van der Waals surface area contributed by atoms with Gasteiger partial charge in [-0.05, 0) is 31.0 Å². The minimum Gasteiger partial charge on any atom is -0.507 e. The molecule has 1 fully saturated rings. The molecule has 1 aliphatic heterocycles. The summed E-state index contributed by atoms with van der Waals surface area (Å²) in [5.74, 6) is -0.602. The highest BCUT2D eigenvalue weighted by Crippen LogP contribution is 2.25. The summed E-state index contributed by atoms with van der Waals surface area (Å²) in [5.41, 5.74) is -0.537. The fraction of sp³-hybridized carbons (Fsp3) is 0.462. The Balaban J connectivity index is 2.15. The van der Waals surface area contributed by atoms with E-state index in [0.717, 1.165) is 0 Å². The van der Waals surface area contributed by atoms with Gasteiger partial charge in [-0.1, -0.05) is 11.6 Å². The molecule has 0 radical (unpaired) electrons. The highest BCUT2D eigenvalue weighted by molar-refractivity contribution is 6.30. The molecule has 5 nitrogen and oxygen atoms in total. The average molecular weight is 286 g/mol. The normalized spacial score (nSPS) is 18.0. The predicted octanol–water partition coefficient (Wildman–Crippen LogP) is 1.32. The molecule has 1 heterocycles. The van der Waals surface area contributed by atoms with Crippen molar-refractivity contribution in [2.45, 2.75) is 18.4 Å². The SMILES string of the molecule is O=C(NC1(CO)CCOCC1)c1ccc(Cl)cc1O. The van der Waals surface area contributed by atoms with Gasteiger partial charge >= 0.3 is 0 Å². The zero-order chi connectivity index (χ0) is 13.9. The lowest BCUT2D eigenvalue weighted by atomic mass is 9.90. The van der Waals surface area contributed by atoms with Crippen molar-refractivity contribution < 1.29 is 19.7 Å². The first-order valence-electron chi connectivity index (χ1n) is 6.06. The number of halogens is 1. The standard InChI is InChI=1S/C13H16ClNO4/c14-9-1-2-10(11(17)7-9)12(18)15-13(8-16)3-5-19-6-4-13/h1-2,7,16-17H,3-6,8H2,(H,15,18). The Morgan fingerprint density at radius 3 is 2.68 bits per heavy atom. The van der Waals surface area contributed by atoms with E-state index in [2.05, 4.69) is 5.32 Å². The zero-order valence-corrected chi connectivity index (χ0v) is 11.1. The molecule has 1 amide bonds. The van der Waals surface area contributed by atoms with E-state index in [0.29, 0.717) is 31.1 Å². The van der Waals surface area contributed by atoms with Crippen molar-refractivity contribution in [3.63, 3.8) is 0 Å². The molecule has 1 saturated heterocycles. The van der Waals surface area contributed by atoms with E-state index in [-0.39, 0.29) is 17.9 Å². The van der Waals surface area contributed by atoms with Gasteiger partial charge in [-0.25, -0.2) is 0 Å². The first-order chi connectivity index (χ1) is 9.06. The Bertz CT molecular complexity index is 472. The van der Waals surface area contributed by atoms with Gasteiger partial charge < -0.3 is 20.3 Å². The van der Waals surface area contributed by atoms with Crippen LogP contribution >= 0.6 is 11.6 Å². The number of phenolic OH excluding ortho intramolecular Hbond substituents is 1. The number of rotatable bonds is 3. The zero-order valence-electron chi connectivity index (χ0n) is 10.4. The highest BCUT2D eigenvalue weighted by Gasteiger charge is 2.34. The minimum atomic E-state index is -0.679. The predicted molar refractivity (Wildman–Crippen MR) is 70.5 cm³/mol. The third kappa shape index (κ3) is 3.18. The van der Waals surface area contributed by atoms with E-state index < -0.39 is 11.4 Å². The minimum absolute atomic E-state index is 0.142. The molecule has 104 valence electrons. The molecular weight excluding hydrogens is 270 g/mol. The number of amides is 1. The lowest BCUT2D eigenvalue weighted by Crippen LogP contribution is -2.54. The topological polar surface area (TPSA) is 78.8 Å². The van der Waals surface area contributed by atoms with Gasteiger partial charge in [-0.3, -0.25) is 4.79 Å². The van der Waals surface area contributed by atoms with Crippen molar-refractivity contribution in [2.75, 3.05) is 19.8 Å². The number of phenols is 1. The lowest BCUT2D eigenvalue weighted by Gasteiger charge is -2.36. The maximum absolute atomic E-state index is 12.1. The van der Waals surface area contributed by atoms with Crippen LogP contribution in [0.15, 0.2) is 18.2 Å². The molecule has 6 heteroatoms.